The van der Waals surface area contributed by atoms with Crippen molar-refractivity contribution in [3.05, 3.63) is 30.0 Å². The van der Waals surface area contributed by atoms with E-state index in [9.17, 15) is 9.59 Å². The summed E-state index contributed by atoms with van der Waals surface area (Å²) in [5.74, 6) is 1.88. The number of thioether (sulfide) groups is 1. The highest BCUT2D eigenvalue weighted by Gasteiger charge is 2.15. The molecule has 0 saturated heterocycles. The molecule has 1 N–H and O–H groups in total. The number of anilines is 1. The Hall–Kier alpha value is -2.68. The molecule has 0 fully saturated rings. The fourth-order valence-electron chi connectivity index (χ4n) is 1.93. The molecule has 1 aliphatic heterocycles. The molecule has 3 rings (SSSR count). The van der Waals surface area contributed by atoms with Crippen molar-refractivity contribution < 1.29 is 28.3 Å². The molecule has 0 radical (unpaired) electrons. The Morgan fingerprint density at radius 3 is 2.88 bits per heavy atom. The molecule has 126 valence electrons. The number of fused-ring (bicyclic) bond motifs is 1. The number of nitrogens with zero attached hydrogens (tertiary/aromatic N) is 1. The van der Waals surface area contributed by atoms with Crippen LogP contribution in [-0.4, -0.2) is 35.3 Å². The predicted octanol–water partition coefficient (Wildman–Crippen LogP) is 1.99. The maximum absolute atomic E-state index is 11.8. The third kappa shape index (κ3) is 4.19. The number of hydrogen-bond acceptors (Lipinski definition) is 8. The molecule has 1 aromatic carbocycles. The number of carbonyl (C=O) groups is 2. The topological polar surface area (TPSA) is 99.9 Å². The van der Waals surface area contributed by atoms with Crippen LogP contribution in [0.5, 0.6) is 17.2 Å². The fraction of sp³-hybridized carbons (Fsp3) is 0.267. The summed E-state index contributed by atoms with van der Waals surface area (Å²) >= 11 is 1.14. The second kappa shape index (κ2) is 7.26. The van der Waals surface area contributed by atoms with E-state index in [1.807, 2.05) is 0 Å². The third-order valence-corrected chi connectivity index (χ3v) is 3.83. The summed E-state index contributed by atoms with van der Waals surface area (Å²) < 4.78 is 20.4. The minimum absolute atomic E-state index is 0.0414. The molecule has 2 aromatic rings. The average molecular weight is 350 g/mol. The number of benzene rings is 1. The van der Waals surface area contributed by atoms with E-state index in [4.69, 9.17) is 18.7 Å². The van der Waals surface area contributed by atoms with Crippen molar-refractivity contribution in [2.45, 2.75) is 6.92 Å². The number of ether oxygens (including phenoxy) is 3. The van der Waals surface area contributed by atoms with E-state index >= 15 is 0 Å². The van der Waals surface area contributed by atoms with Gasteiger partial charge in [-0.05, 0) is 19.1 Å². The van der Waals surface area contributed by atoms with Crippen molar-refractivity contribution >= 4 is 29.5 Å². The fourth-order valence-corrected chi connectivity index (χ4v) is 2.52. The Kier molecular flexibility index (Phi) is 4.90. The van der Waals surface area contributed by atoms with Gasteiger partial charge in [0.2, 0.25) is 12.7 Å². The molecule has 8 nitrogen and oxygen atoms in total. The number of carbonyl (C=O) groups excluding carboxylic acids is 2. The van der Waals surface area contributed by atoms with Crippen molar-refractivity contribution in [3.8, 4) is 17.2 Å². The summed E-state index contributed by atoms with van der Waals surface area (Å²) in [4.78, 5) is 23.5. The first kappa shape index (κ1) is 16.2. The smallest absolute Gasteiger partial charge is 0.321 e. The first-order valence-electron chi connectivity index (χ1n) is 7.01. The van der Waals surface area contributed by atoms with Gasteiger partial charge in [-0.3, -0.25) is 9.59 Å². The summed E-state index contributed by atoms with van der Waals surface area (Å²) in [6, 6.07) is 6.49. The van der Waals surface area contributed by atoms with E-state index in [1.165, 1.54) is 0 Å². The van der Waals surface area contributed by atoms with E-state index in [0.29, 0.717) is 28.8 Å². The van der Waals surface area contributed by atoms with Gasteiger partial charge in [0, 0.05) is 12.1 Å². The van der Waals surface area contributed by atoms with Gasteiger partial charge in [-0.2, -0.15) is 0 Å². The lowest BCUT2D eigenvalue weighted by molar-refractivity contribution is -0.131. The van der Waals surface area contributed by atoms with Gasteiger partial charge in [0.05, 0.1) is 11.5 Å². The van der Waals surface area contributed by atoms with Crippen LogP contribution in [0.15, 0.2) is 28.8 Å². The quantitative estimate of drug-likeness (QED) is 0.624. The van der Waals surface area contributed by atoms with Crippen LogP contribution < -0.4 is 19.5 Å². The molecule has 24 heavy (non-hydrogen) atoms. The molecular weight excluding hydrogens is 336 g/mol. The van der Waals surface area contributed by atoms with Crippen LogP contribution in [0.4, 0.5) is 5.82 Å². The molecule has 2 heterocycles. The zero-order valence-corrected chi connectivity index (χ0v) is 13.6. The van der Waals surface area contributed by atoms with Crippen molar-refractivity contribution in [2.75, 3.05) is 23.6 Å². The lowest BCUT2D eigenvalue weighted by Gasteiger charge is -2.05. The molecule has 0 aliphatic carbocycles. The largest absolute Gasteiger partial charge is 0.454 e. The van der Waals surface area contributed by atoms with Crippen LogP contribution in [0, 0.1) is 6.92 Å². The van der Waals surface area contributed by atoms with Crippen LogP contribution in [0.2, 0.25) is 0 Å². The van der Waals surface area contributed by atoms with Gasteiger partial charge in [0.25, 0.3) is 0 Å². The molecule has 1 amide bonds. The van der Waals surface area contributed by atoms with E-state index in [0.717, 1.165) is 11.8 Å². The van der Waals surface area contributed by atoms with Crippen LogP contribution in [0.25, 0.3) is 0 Å². The number of amides is 1. The van der Waals surface area contributed by atoms with Crippen molar-refractivity contribution in [3.63, 3.8) is 0 Å². The molecule has 0 spiro atoms. The molecule has 0 atom stereocenters. The summed E-state index contributed by atoms with van der Waals surface area (Å²) in [5, 5.41) is 6.22. The van der Waals surface area contributed by atoms with Gasteiger partial charge in [0.1, 0.15) is 11.5 Å². The highest BCUT2D eigenvalue weighted by atomic mass is 32.2. The van der Waals surface area contributed by atoms with E-state index in [2.05, 4.69) is 10.5 Å². The third-order valence-electron chi connectivity index (χ3n) is 2.92. The predicted molar refractivity (Wildman–Crippen MR) is 85.4 cm³/mol. The Morgan fingerprint density at radius 1 is 1.25 bits per heavy atom. The molecule has 0 saturated carbocycles. The molecular formula is C15H14N2O6S. The van der Waals surface area contributed by atoms with Crippen molar-refractivity contribution in [2.24, 2.45) is 0 Å². The zero-order valence-electron chi connectivity index (χ0n) is 12.7. The summed E-state index contributed by atoms with van der Waals surface area (Å²) in [6.07, 6.45) is 0. The lowest BCUT2D eigenvalue weighted by atomic mass is 10.3. The first-order chi connectivity index (χ1) is 11.6. The monoisotopic (exact) mass is 350 g/mol. The highest BCUT2D eigenvalue weighted by Crippen LogP contribution is 2.35. The zero-order chi connectivity index (χ0) is 16.9. The van der Waals surface area contributed by atoms with E-state index in [-0.39, 0.29) is 24.2 Å². The average Bonchev–Trinajstić information content (AvgIpc) is 3.15. The Morgan fingerprint density at radius 2 is 2.08 bits per heavy atom. The molecule has 1 aromatic heterocycles. The second-order valence-corrected chi connectivity index (χ2v) is 5.84. The van der Waals surface area contributed by atoms with Gasteiger partial charge in [-0.15, -0.1) is 11.8 Å². The van der Waals surface area contributed by atoms with E-state index < -0.39 is 5.97 Å². The minimum atomic E-state index is -0.455. The normalized spacial score (nSPS) is 12.0. The number of aryl methyl sites for hydroxylation is 1. The SMILES string of the molecule is Cc1cc(NC(=O)CSCC(=O)Oc2ccc3c(c2)OCO3)no1. The Labute approximate surface area is 141 Å². The maximum Gasteiger partial charge on any atom is 0.321 e. The Bertz CT molecular complexity index is 760. The number of esters is 1. The van der Waals surface area contributed by atoms with Gasteiger partial charge >= 0.3 is 5.97 Å². The van der Waals surface area contributed by atoms with E-state index in [1.54, 1.807) is 31.2 Å². The van der Waals surface area contributed by atoms with Gasteiger partial charge in [0.15, 0.2) is 17.3 Å². The van der Waals surface area contributed by atoms with Gasteiger partial charge in [-0.25, -0.2) is 0 Å². The number of aromatic nitrogens is 1. The number of rotatable bonds is 6. The van der Waals surface area contributed by atoms with Crippen LogP contribution in [0.3, 0.4) is 0 Å². The molecule has 0 bridgehead atoms. The Balaban J connectivity index is 1.40. The lowest BCUT2D eigenvalue weighted by Crippen LogP contribution is -2.17. The second-order valence-electron chi connectivity index (χ2n) is 4.85. The molecule has 0 unspecified atom stereocenters. The van der Waals surface area contributed by atoms with Crippen LogP contribution in [0.1, 0.15) is 5.76 Å². The summed E-state index contributed by atoms with van der Waals surface area (Å²) in [7, 11) is 0. The van der Waals surface area contributed by atoms with Crippen LogP contribution in [-0.2, 0) is 9.59 Å². The summed E-state index contributed by atoms with van der Waals surface area (Å²) in [6.45, 7) is 1.88. The van der Waals surface area contributed by atoms with Gasteiger partial charge in [-0.1, -0.05) is 5.16 Å². The van der Waals surface area contributed by atoms with Gasteiger partial charge < -0.3 is 24.1 Å². The molecule has 1 aliphatic rings. The number of nitrogens with one attached hydrogen (secondary N) is 1. The molecule has 9 heteroatoms. The van der Waals surface area contributed by atoms with Crippen LogP contribution >= 0.6 is 11.8 Å². The van der Waals surface area contributed by atoms with Crippen molar-refractivity contribution in [1.82, 2.24) is 5.16 Å². The number of hydrogen-bond donors (Lipinski definition) is 1. The first-order valence-corrected chi connectivity index (χ1v) is 8.17. The van der Waals surface area contributed by atoms with Crippen molar-refractivity contribution in [1.29, 1.82) is 0 Å². The standard InChI is InChI=1S/C15H14N2O6S/c1-9-4-13(17-23-9)16-14(18)6-24-7-15(19)22-10-2-3-11-12(5-10)21-8-20-11/h2-5H,6-8H2,1H3,(H,16,17,18). The minimum Gasteiger partial charge on any atom is -0.454 e. The maximum atomic E-state index is 11.8. The highest BCUT2D eigenvalue weighted by molar-refractivity contribution is 8.00. The summed E-state index contributed by atoms with van der Waals surface area (Å²) in [5.41, 5.74) is 0.